The number of fused-ring (bicyclic) bond motifs is 1. The third-order valence-electron chi connectivity index (χ3n) is 5.25. The fourth-order valence-electron chi connectivity index (χ4n) is 3.62. The number of carbonyl (C=O) groups is 2. The summed E-state index contributed by atoms with van der Waals surface area (Å²) in [7, 11) is 0. The molecule has 9 heteroatoms. The molecule has 0 aliphatic carbocycles. The summed E-state index contributed by atoms with van der Waals surface area (Å²) in [4.78, 5) is 40.8. The molecule has 28 heavy (non-hydrogen) atoms. The summed E-state index contributed by atoms with van der Waals surface area (Å²) in [6, 6.07) is 4.95. The number of aromatic amines is 1. The molecular weight excluding hydrogens is 364 g/mol. The van der Waals surface area contributed by atoms with Crippen LogP contribution >= 0.6 is 0 Å². The fraction of sp³-hybridized carbons (Fsp3) is 0.474. The number of H-pyrrole nitrogens is 1. The second-order valence-electron chi connectivity index (χ2n) is 7.22. The van der Waals surface area contributed by atoms with Crippen LogP contribution in [-0.4, -0.2) is 83.4 Å². The first-order valence-electron chi connectivity index (χ1n) is 9.26. The molecule has 148 valence electrons. The summed E-state index contributed by atoms with van der Waals surface area (Å²) in [5, 5.41) is 7.26. The Bertz CT molecular complexity index is 958. The number of nitrogens with one attached hydrogen (secondary N) is 1. The zero-order valence-corrected chi connectivity index (χ0v) is 15.6. The van der Waals surface area contributed by atoms with Crippen LogP contribution in [0.4, 0.5) is 0 Å². The average molecular weight is 386 g/mol. The topological polar surface area (TPSA) is 105 Å². The maximum Gasteiger partial charge on any atom is 0.272 e. The monoisotopic (exact) mass is 386 g/mol. The van der Waals surface area contributed by atoms with Crippen LogP contribution in [0.15, 0.2) is 29.2 Å². The Kier molecular flexibility index (Phi) is 4.86. The van der Waals surface area contributed by atoms with Gasteiger partial charge in [-0.3, -0.25) is 14.4 Å². The molecular formula is C19H22N4O5. The lowest BCUT2D eigenvalue weighted by Gasteiger charge is -2.40. The standard InChI is InChI=1S/C19H22N4O5/c1-19(12-27-8-9-28-19)18(26)23-6-4-22(5-7-23)17(25)13-2-3-15-14(10-13)11-20-21-16(15)24/h2-3,10-11H,4-9,12H2,1H3,(H,21,24). The Morgan fingerprint density at radius 2 is 1.89 bits per heavy atom. The van der Waals surface area contributed by atoms with E-state index in [9.17, 15) is 14.4 Å². The summed E-state index contributed by atoms with van der Waals surface area (Å²) in [6.45, 7) is 4.65. The van der Waals surface area contributed by atoms with Crippen molar-refractivity contribution >= 4 is 22.6 Å². The lowest BCUT2D eigenvalue weighted by Crippen LogP contribution is -2.59. The smallest absolute Gasteiger partial charge is 0.272 e. The largest absolute Gasteiger partial charge is 0.376 e. The number of hydrogen-bond acceptors (Lipinski definition) is 6. The van der Waals surface area contributed by atoms with Crippen LogP contribution in [0.1, 0.15) is 17.3 Å². The summed E-state index contributed by atoms with van der Waals surface area (Å²) in [5.41, 5.74) is -0.746. The summed E-state index contributed by atoms with van der Waals surface area (Å²) in [5.74, 6) is -0.229. The average Bonchev–Trinajstić information content (AvgIpc) is 2.73. The van der Waals surface area contributed by atoms with Gasteiger partial charge in [0, 0.05) is 37.1 Å². The van der Waals surface area contributed by atoms with Crippen molar-refractivity contribution in [2.24, 2.45) is 0 Å². The van der Waals surface area contributed by atoms with Crippen LogP contribution in [0.3, 0.4) is 0 Å². The molecule has 2 fully saturated rings. The summed E-state index contributed by atoms with van der Waals surface area (Å²) < 4.78 is 11.0. The number of aromatic nitrogens is 2. The molecule has 2 aliphatic heterocycles. The fourth-order valence-corrected chi connectivity index (χ4v) is 3.62. The lowest BCUT2D eigenvalue weighted by atomic mass is 10.0. The van der Waals surface area contributed by atoms with Gasteiger partial charge >= 0.3 is 0 Å². The molecule has 1 unspecified atom stereocenters. The quantitative estimate of drug-likeness (QED) is 0.780. The Hall–Kier alpha value is -2.78. The number of benzene rings is 1. The van der Waals surface area contributed by atoms with E-state index in [1.165, 1.54) is 6.20 Å². The highest BCUT2D eigenvalue weighted by Gasteiger charge is 2.41. The van der Waals surface area contributed by atoms with Gasteiger partial charge in [-0.05, 0) is 25.1 Å². The molecule has 1 aromatic heterocycles. The molecule has 0 radical (unpaired) electrons. The van der Waals surface area contributed by atoms with Crippen molar-refractivity contribution in [2.45, 2.75) is 12.5 Å². The van der Waals surface area contributed by atoms with E-state index in [0.29, 0.717) is 55.7 Å². The lowest BCUT2D eigenvalue weighted by molar-refractivity contribution is -0.183. The Morgan fingerprint density at radius 1 is 1.14 bits per heavy atom. The van der Waals surface area contributed by atoms with Crippen molar-refractivity contribution < 1.29 is 19.1 Å². The summed E-state index contributed by atoms with van der Waals surface area (Å²) in [6.07, 6.45) is 1.52. The molecule has 2 amide bonds. The molecule has 2 aliphatic rings. The molecule has 0 bridgehead atoms. The maximum absolute atomic E-state index is 12.8. The van der Waals surface area contributed by atoms with E-state index >= 15 is 0 Å². The van der Waals surface area contributed by atoms with E-state index in [4.69, 9.17) is 9.47 Å². The zero-order valence-electron chi connectivity index (χ0n) is 15.6. The van der Waals surface area contributed by atoms with Gasteiger partial charge in [-0.15, -0.1) is 0 Å². The van der Waals surface area contributed by atoms with Gasteiger partial charge in [0.2, 0.25) is 0 Å². The molecule has 2 aromatic rings. The van der Waals surface area contributed by atoms with Crippen molar-refractivity contribution in [2.75, 3.05) is 46.0 Å². The van der Waals surface area contributed by atoms with E-state index < -0.39 is 5.60 Å². The number of ether oxygens (including phenoxy) is 2. The first kappa shape index (κ1) is 18.6. The normalized spacial score (nSPS) is 23.0. The minimum atomic E-state index is -0.956. The van der Waals surface area contributed by atoms with Crippen LogP contribution in [0.5, 0.6) is 0 Å². The van der Waals surface area contributed by atoms with Gasteiger partial charge in [-0.2, -0.15) is 5.10 Å². The van der Waals surface area contributed by atoms with E-state index in [1.54, 1.807) is 34.9 Å². The van der Waals surface area contributed by atoms with Gasteiger partial charge in [-0.1, -0.05) is 0 Å². The van der Waals surface area contributed by atoms with Gasteiger partial charge in [-0.25, -0.2) is 5.10 Å². The van der Waals surface area contributed by atoms with Crippen molar-refractivity contribution in [1.29, 1.82) is 0 Å². The SMILES string of the molecule is CC1(C(=O)N2CCN(C(=O)c3ccc4c(=O)[nH]ncc4c3)CC2)COCCO1. The minimum absolute atomic E-state index is 0.102. The van der Waals surface area contributed by atoms with E-state index in [1.807, 2.05) is 0 Å². The van der Waals surface area contributed by atoms with Gasteiger partial charge in [0.05, 0.1) is 31.4 Å². The van der Waals surface area contributed by atoms with Gasteiger partial charge in [0.1, 0.15) is 0 Å². The van der Waals surface area contributed by atoms with Crippen LogP contribution in [-0.2, 0) is 14.3 Å². The number of rotatable bonds is 2. The number of amides is 2. The van der Waals surface area contributed by atoms with E-state index in [2.05, 4.69) is 10.2 Å². The van der Waals surface area contributed by atoms with Gasteiger partial charge in [0.15, 0.2) is 5.60 Å². The van der Waals surface area contributed by atoms with Crippen LogP contribution in [0.2, 0.25) is 0 Å². The van der Waals surface area contributed by atoms with E-state index in [-0.39, 0.29) is 24.0 Å². The van der Waals surface area contributed by atoms with Crippen molar-refractivity contribution in [3.05, 3.63) is 40.3 Å². The van der Waals surface area contributed by atoms with Crippen LogP contribution in [0.25, 0.3) is 10.8 Å². The molecule has 0 spiro atoms. The highest BCUT2D eigenvalue weighted by atomic mass is 16.6. The molecule has 0 saturated carbocycles. The predicted octanol–water partition coefficient (Wildman–Crippen LogP) is 0.0130. The Labute approximate surface area is 161 Å². The Morgan fingerprint density at radius 3 is 2.61 bits per heavy atom. The number of piperazine rings is 1. The maximum atomic E-state index is 12.8. The van der Waals surface area contributed by atoms with E-state index in [0.717, 1.165) is 0 Å². The number of hydrogen-bond donors (Lipinski definition) is 1. The highest BCUT2D eigenvalue weighted by molar-refractivity contribution is 5.98. The number of nitrogens with zero attached hydrogens (tertiary/aromatic N) is 3. The predicted molar refractivity (Wildman–Crippen MR) is 100 cm³/mol. The second kappa shape index (κ2) is 7.33. The molecule has 9 nitrogen and oxygen atoms in total. The van der Waals surface area contributed by atoms with Crippen LogP contribution in [0, 0.1) is 0 Å². The van der Waals surface area contributed by atoms with Crippen LogP contribution < -0.4 is 5.56 Å². The first-order chi connectivity index (χ1) is 13.5. The molecule has 1 atom stereocenters. The zero-order chi connectivity index (χ0) is 19.7. The first-order valence-corrected chi connectivity index (χ1v) is 9.26. The van der Waals surface area contributed by atoms with Crippen molar-refractivity contribution in [3.63, 3.8) is 0 Å². The molecule has 1 aromatic carbocycles. The third-order valence-corrected chi connectivity index (χ3v) is 5.25. The van der Waals surface area contributed by atoms with Gasteiger partial charge < -0.3 is 19.3 Å². The summed E-state index contributed by atoms with van der Waals surface area (Å²) >= 11 is 0. The van der Waals surface area contributed by atoms with Crippen molar-refractivity contribution in [3.8, 4) is 0 Å². The van der Waals surface area contributed by atoms with Crippen molar-refractivity contribution in [1.82, 2.24) is 20.0 Å². The molecule has 4 rings (SSSR count). The molecule has 2 saturated heterocycles. The third kappa shape index (κ3) is 3.38. The molecule has 1 N–H and O–H groups in total. The second-order valence-corrected chi connectivity index (χ2v) is 7.22. The molecule has 3 heterocycles. The highest BCUT2D eigenvalue weighted by Crippen LogP contribution is 2.20. The minimum Gasteiger partial charge on any atom is -0.376 e. The number of carbonyl (C=O) groups excluding carboxylic acids is 2. The van der Waals surface area contributed by atoms with Gasteiger partial charge in [0.25, 0.3) is 17.4 Å². The Balaban J connectivity index is 1.43.